The molecule has 2 unspecified atom stereocenters. The van der Waals surface area contributed by atoms with E-state index in [0.29, 0.717) is 5.03 Å². The van der Waals surface area contributed by atoms with Crippen molar-refractivity contribution in [3.63, 3.8) is 0 Å². The fourth-order valence-electron chi connectivity index (χ4n) is 1.56. The molecule has 2 rings (SSSR count). The molecule has 0 amide bonds. The van der Waals surface area contributed by atoms with E-state index in [1.807, 2.05) is 6.92 Å². The summed E-state index contributed by atoms with van der Waals surface area (Å²) in [6, 6.07) is 0. The molecule has 0 bridgehead atoms. The number of nitrogens with zero attached hydrogens (tertiary/aromatic N) is 2. The Hall–Kier alpha value is -0.810. The molecule has 0 aromatic carbocycles. The fraction of sp³-hybridized carbons (Fsp3) is 0.556. The molecule has 2 heterocycles. The van der Waals surface area contributed by atoms with E-state index in [1.165, 1.54) is 0 Å². The Morgan fingerprint density at radius 3 is 2.93 bits per heavy atom. The smallest absolute Gasteiger partial charge is 0.148 e. The second kappa shape index (κ2) is 4.14. The molecule has 0 radical (unpaired) electrons. The van der Waals surface area contributed by atoms with Crippen LogP contribution >= 0.6 is 0 Å². The summed E-state index contributed by atoms with van der Waals surface area (Å²) in [6.07, 6.45) is 4.19. The third-order valence-electron chi connectivity index (χ3n) is 2.34. The molecule has 1 aliphatic rings. The molecule has 2 atom stereocenters. The second-order valence-corrected chi connectivity index (χ2v) is 5.01. The zero-order chi connectivity index (χ0) is 9.97. The summed E-state index contributed by atoms with van der Waals surface area (Å²) < 4.78 is 12.0. The van der Waals surface area contributed by atoms with Gasteiger partial charge in [-0.05, 0) is 19.9 Å². The zero-order valence-electron chi connectivity index (χ0n) is 8.06. The van der Waals surface area contributed by atoms with Gasteiger partial charge in [-0.2, -0.15) is 0 Å². The SMILES string of the molecule is Cc1nccnc1S(=O)C1CCNC1. The molecule has 1 saturated heterocycles. The maximum absolute atomic E-state index is 12.0. The summed E-state index contributed by atoms with van der Waals surface area (Å²) >= 11 is 0. The Morgan fingerprint density at radius 1 is 1.50 bits per heavy atom. The summed E-state index contributed by atoms with van der Waals surface area (Å²) in [4.78, 5) is 8.23. The molecule has 1 aromatic heterocycles. The Balaban J connectivity index is 2.22. The molecule has 4 nitrogen and oxygen atoms in total. The number of rotatable bonds is 2. The van der Waals surface area contributed by atoms with Crippen molar-refractivity contribution in [2.75, 3.05) is 13.1 Å². The van der Waals surface area contributed by atoms with Gasteiger partial charge in [0.1, 0.15) is 5.03 Å². The maximum atomic E-state index is 12.0. The van der Waals surface area contributed by atoms with Crippen LogP contribution in [0.1, 0.15) is 12.1 Å². The van der Waals surface area contributed by atoms with E-state index in [4.69, 9.17) is 0 Å². The summed E-state index contributed by atoms with van der Waals surface area (Å²) in [6.45, 7) is 3.63. The second-order valence-electron chi connectivity index (χ2n) is 3.36. The lowest BCUT2D eigenvalue weighted by Gasteiger charge is -2.08. The van der Waals surface area contributed by atoms with Crippen LogP contribution in [0.5, 0.6) is 0 Å². The topological polar surface area (TPSA) is 54.9 Å². The number of aromatic nitrogens is 2. The Labute approximate surface area is 85.6 Å². The van der Waals surface area contributed by atoms with E-state index >= 15 is 0 Å². The van der Waals surface area contributed by atoms with Crippen molar-refractivity contribution in [3.05, 3.63) is 18.1 Å². The highest BCUT2D eigenvalue weighted by Gasteiger charge is 2.24. The Kier molecular flexibility index (Phi) is 2.88. The summed E-state index contributed by atoms with van der Waals surface area (Å²) in [5.41, 5.74) is 0.776. The molecule has 0 spiro atoms. The van der Waals surface area contributed by atoms with E-state index in [1.54, 1.807) is 12.4 Å². The lowest BCUT2D eigenvalue weighted by molar-refractivity contribution is 0.667. The van der Waals surface area contributed by atoms with Gasteiger partial charge < -0.3 is 5.32 Å². The monoisotopic (exact) mass is 211 g/mol. The molecule has 1 aromatic rings. The minimum absolute atomic E-state index is 0.199. The van der Waals surface area contributed by atoms with Gasteiger partial charge in [-0.1, -0.05) is 0 Å². The average Bonchev–Trinajstić information content (AvgIpc) is 2.70. The Bertz CT molecular complexity index is 350. The zero-order valence-corrected chi connectivity index (χ0v) is 8.88. The fourth-order valence-corrected chi connectivity index (χ4v) is 2.99. The third kappa shape index (κ3) is 1.83. The first-order valence-corrected chi connectivity index (χ1v) is 5.89. The predicted octanol–water partition coefficient (Wildman–Crippen LogP) is 0.255. The average molecular weight is 211 g/mol. The van der Waals surface area contributed by atoms with Gasteiger partial charge in [0, 0.05) is 18.9 Å². The van der Waals surface area contributed by atoms with Crippen molar-refractivity contribution in [2.45, 2.75) is 23.6 Å². The molecule has 1 fully saturated rings. The molecule has 0 aliphatic carbocycles. The highest BCUT2D eigenvalue weighted by Crippen LogP contribution is 2.15. The van der Waals surface area contributed by atoms with Crippen LogP contribution in [-0.4, -0.2) is 32.5 Å². The first-order chi connectivity index (χ1) is 6.79. The van der Waals surface area contributed by atoms with Crippen molar-refractivity contribution in [2.24, 2.45) is 0 Å². The third-order valence-corrected chi connectivity index (χ3v) is 4.13. The molecule has 1 aliphatic heterocycles. The number of hydrogen-bond donors (Lipinski definition) is 1. The van der Waals surface area contributed by atoms with Crippen molar-refractivity contribution in [1.82, 2.24) is 15.3 Å². The lowest BCUT2D eigenvalue weighted by atomic mass is 10.4. The maximum Gasteiger partial charge on any atom is 0.148 e. The van der Waals surface area contributed by atoms with Crippen LogP contribution in [0.3, 0.4) is 0 Å². The Morgan fingerprint density at radius 2 is 2.29 bits per heavy atom. The van der Waals surface area contributed by atoms with Crippen LogP contribution in [0.25, 0.3) is 0 Å². The predicted molar refractivity (Wildman–Crippen MR) is 54.5 cm³/mol. The summed E-state index contributed by atoms with van der Waals surface area (Å²) in [5, 5.41) is 4.04. The minimum Gasteiger partial charge on any atom is -0.315 e. The highest BCUT2D eigenvalue weighted by atomic mass is 32.2. The van der Waals surface area contributed by atoms with E-state index in [0.717, 1.165) is 25.2 Å². The van der Waals surface area contributed by atoms with Crippen LogP contribution in [0, 0.1) is 6.92 Å². The van der Waals surface area contributed by atoms with Crippen molar-refractivity contribution in [3.8, 4) is 0 Å². The largest absolute Gasteiger partial charge is 0.315 e. The first-order valence-electron chi connectivity index (χ1n) is 4.68. The van der Waals surface area contributed by atoms with Gasteiger partial charge in [-0.3, -0.25) is 9.19 Å². The van der Waals surface area contributed by atoms with E-state index < -0.39 is 10.8 Å². The molecular weight excluding hydrogens is 198 g/mol. The van der Waals surface area contributed by atoms with E-state index in [9.17, 15) is 4.21 Å². The van der Waals surface area contributed by atoms with Crippen LogP contribution < -0.4 is 5.32 Å². The summed E-state index contributed by atoms with van der Waals surface area (Å²) in [7, 11) is -1.01. The minimum atomic E-state index is -1.01. The number of hydrogen-bond acceptors (Lipinski definition) is 4. The summed E-state index contributed by atoms with van der Waals surface area (Å²) in [5.74, 6) is 0. The van der Waals surface area contributed by atoms with Gasteiger partial charge in [-0.15, -0.1) is 0 Å². The van der Waals surface area contributed by atoms with Crippen molar-refractivity contribution >= 4 is 10.8 Å². The highest BCUT2D eigenvalue weighted by molar-refractivity contribution is 7.85. The standard InChI is InChI=1S/C9H13N3OS/c1-7-9(12-5-4-11-7)14(13)8-2-3-10-6-8/h4-5,8,10H,2-3,6H2,1H3. The van der Waals surface area contributed by atoms with Crippen LogP contribution in [0.2, 0.25) is 0 Å². The molecule has 5 heteroatoms. The van der Waals surface area contributed by atoms with E-state index in [-0.39, 0.29) is 5.25 Å². The van der Waals surface area contributed by atoms with Crippen molar-refractivity contribution in [1.29, 1.82) is 0 Å². The molecule has 76 valence electrons. The van der Waals surface area contributed by atoms with Gasteiger partial charge in [0.05, 0.1) is 21.7 Å². The van der Waals surface area contributed by atoms with Crippen LogP contribution in [-0.2, 0) is 10.8 Å². The normalized spacial score (nSPS) is 23.6. The van der Waals surface area contributed by atoms with Gasteiger partial charge in [-0.25, -0.2) is 4.98 Å². The molecular formula is C9H13N3OS. The number of nitrogens with one attached hydrogen (secondary N) is 1. The van der Waals surface area contributed by atoms with Gasteiger partial charge >= 0.3 is 0 Å². The van der Waals surface area contributed by atoms with Crippen LogP contribution in [0.15, 0.2) is 17.4 Å². The quantitative estimate of drug-likeness (QED) is 0.762. The molecule has 0 saturated carbocycles. The van der Waals surface area contributed by atoms with Gasteiger partial charge in [0.2, 0.25) is 0 Å². The first kappa shape index (κ1) is 9.73. The van der Waals surface area contributed by atoms with Crippen molar-refractivity contribution < 1.29 is 4.21 Å². The van der Waals surface area contributed by atoms with Gasteiger partial charge in [0.15, 0.2) is 0 Å². The van der Waals surface area contributed by atoms with Gasteiger partial charge in [0.25, 0.3) is 0 Å². The molecule has 1 N–H and O–H groups in total. The molecule has 14 heavy (non-hydrogen) atoms. The van der Waals surface area contributed by atoms with Crippen LogP contribution in [0.4, 0.5) is 0 Å². The van der Waals surface area contributed by atoms with E-state index in [2.05, 4.69) is 15.3 Å². The lowest BCUT2D eigenvalue weighted by Crippen LogP contribution is -2.20. The number of aryl methyl sites for hydroxylation is 1.